The Bertz CT molecular complexity index is 1190. The molecule has 4 rings (SSSR count). The van der Waals surface area contributed by atoms with Crippen LogP contribution < -0.4 is 10.8 Å². The molecule has 1 aliphatic rings. The topological polar surface area (TPSA) is 56.8 Å². The van der Waals surface area contributed by atoms with Gasteiger partial charge >= 0.3 is 12.8 Å². The van der Waals surface area contributed by atoms with Gasteiger partial charge in [0.1, 0.15) is 0 Å². The zero-order valence-electron chi connectivity index (χ0n) is 19.7. The largest absolute Gasteiger partial charge is 0.496 e. The van der Waals surface area contributed by atoms with Crippen LogP contribution in [0.25, 0.3) is 10.1 Å². The zero-order valence-corrected chi connectivity index (χ0v) is 21.5. The van der Waals surface area contributed by atoms with Crippen molar-refractivity contribution in [2.45, 2.75) is 51.5 Å². The number of carbonyl (C=O) groups excluding carboxylic acids is 1. The molecule has 0 spiro atoms. The van der Waals surface area contributed by atoms with Crippen molar-refractivity contribution < 1.29 is 27.4 Å². The van der Waals surface area contributed by atoms with Crippen LogP contribution in [0.2, 0.25) is 0 Å². The maximum Gasteiger partial charge on any atom is 0.496 e. The van der Waals surface area contributed by atoms with Gasteiger partial charge in [0, 0.05) is 28.0 Å². The SMILES string of the molecule is CCOPC(F)(F)c1sc2ccc(C(=O)Nc3ccccc3)cc2c1B1OC(C)(C)C(C)(C)O1. The van der Waals surface area contributed by atoms with Crippen LogP contribution in [0.15, 0.2) is 48.5 Å². The van der Waals surface area contributed by atoms with Crippen molar-refractivity contribution in [1.82, 2.24) is 0 Å². The number of nitrogens with one attached hydrogen (secondary N) is 1. The summed E-state index contributed by atoms with van der Waals surface area (Å²) in [4.78, 5) is 12.7. The summed E-state index contributed by atoms with van der Waals surface area (Å²) in [6, 6.07) is 14.0. The van der Waals surface area contributed by atoms with Crippen LogP contribution in [-0.4, -0.2) is 30.8 Å². The minimum absolute atomic E-state index is 0.159. The predicted octanol–water partition coefficient (Wildman–Crippen LogP) is 6.13. The van der Waals surface area contributed by atoms with Crippen molar-refractivity contribution in [1.29, 1.82) is 0 Å². The van der Waals surface area contributed by atoms with Gasteiger partial charge in [-0.05, 0) is 70.3 Å². The Morgan fingerprint density at radius 1 is 1.12 bits per heavy atom. The fourth-order valence-corrected chi connectivity index (χ4v) is 5.53. The Morgan fingerprint density at radius 2 is 1.76 bits per heavy atom. The van der Waals surface area contributed by atoms with E-state index in [0.29, 0.717) is 21.3 Å². The lowest BCUT2D eigenvalue weighted by atomic mass is 9.76. The molecule has 34 heavy (non-hydrogen) atoms. The molecule has 1 amide bonds. The van der Waals surface area contributed by atoms with Gasteiger partial charge in [0.25, 0.3) is 5.91 Å². The van der Waals surface area contributed by atoms with Crippen molar-refractivity contribution >= 4 is 54.4 Å². The summed E-state index contributed by atoms with van der Waals surface area (Å²) in [5, 5.41) is 3.35. The molecule has 0 bridgehead atoms. The molecule has 1 unspecified atom stereocenters. The van der Waals surface area contributed by atoms with Crippen LogP contribution in [0, 0.1) is 0 Å². The van der Waals surface area contributed by atoms with Crippen molar-refractivity contribution in [3.63, 3.8) is 0 Å². The fourth-order valence-electron chi connectivity index (χ4n) is 3.62. The van der Waals surface area contributed by atoms with Crippen LogP contribution in [-0.2, 0) is 19.5 Å². The summed E-state index contributed by atoms with van der Waals surface area (Å²) in [6.45, 7) is 9.37. The summed E-state index contributed by atoms with van der Waals surface area (Å²) >= 11 is 0.978. The van der Waals surface area contributed by atoms with Crippen molar-refractivity contribution in [3.05, 3.63) is 59.0 Å². The molecule has 2 heterocycles. The number of rotatable bonds is 7. The van der Waals surface area contributed by atoms with Crippen molar-refractivity contribution in [2.75, 3.05) is 11.9 Å². The highest BCUT2D eigenvalue weighted by Gasteiger charge is 2.54. The third kappa shape index (κ3) is 4.77. The normalized spacial score (nSPS) is 17.7. The number of halogens is 2. The van der Waals surface area contributed by atoms with E-state index in [1.165, 1.54) is 0 Å². The van der Waals surface area contributed by atoms with Crippen molar-refractivity contribution in [2.24, 2.45) is 0 Å². The number of thiophene rings is 1. The second-order valence-corrected chi connectivity index (χ2v) is 11.2. The molecule has 5 nitrogen and oxygen atoms in total. The molecule has 10 heteroatoms. The van der Waals surface area contributed by atoms with E-state index in [-0.39, 0.29) is 22.9 Å². The monoisotopic (exact) mass is 505 g/mol. The predicted molar refractivity (Wildman–Crippen MR) is 136 cm³/mol. The molecule has 1 aromatic heterocycles. The number of alkyl halides is 2. The summed E-state index contributed by atoms with van der Waals surface area (Å²) in [5.41, 5.74) is -3.37. The van der Waals surface area contributed by atoms with Gasteiger partial charge in [-0.2, -0.15) is 8.78 Å². The van der Waals surface area contributed by atoms with Crippen LogP contribution in [0.4, 0.5) is 14.5 Å². The average molecular weight is 505 g/mol. The number of amides is 1. The molecule has 3 aromatic rings. The first-order chi connectivity index (χ1) is 15.9. The van der Waals surface area contributed by atoms with Gasteiger partial charge in [-0.1, -0.05) is 18.2 Å². The van der Waals surface area contributed by atoms with E-state index in [4.69, 9.17) is 13.8 Å². The van der Waals surface area contributed by atoms with E-state index in [9.17, 15) is 4.79 Å². The second kappa shape index (κ2) is 9.28. The molecule has 1 aliphatic heterocycles. The van der Waals surface area contributed by atoms with Gasteiger partial charge in [-0.25, -0.2) is 0 Å². The first-order valence-corrected chi connectivity index (χ1v) is 12.7. The molecule has 1 fully saturated rings. The van der Waals surface area contributed by atoms with E-state index in [2.05, 4.69) is 5.32 Å². The van der Waals surface area contributed by atoms with Crippen molar-refractivity contribution in [3.8, 4) is 0 Å². The van der Waals surface area contributed by atoms with Crippen LogP contribution in [0.3, 0.4) is 0 Å². The number of hydrogen-bond acceptors (Lipinski definition) is 5. The lowest BCUT2D eigenvalue weighted by molar-refractivity contribution is 0.00578. The van der Waals surface area contributed by atoms with Gasteiger partial charge in [0.15, 0.2) is 0 Å². The van der Waals surface area contributed by atoms with E-state index in [1.807, 2.05) is 45.9 Å². The highest BCUT2D eigenvalue weighted by molar-refractivity contribution is 7.35. The number of para-hydroxylation sites is 1. The second-order valence-electron chi connectivity index (χ2n) is 9.07. The summed E-state index contributed by atoms with van der Waals surface area (Å²) in [6.07, 6.45) is 0. The molecule has 0 radical (unpaired) electrons. The molecule has 0 saturated carbocycles. The van der Waals surface area contributed by atoms with E-state index < -0.39 is 32.8 Å². The lowest BCUT2D eigenvalue weighted by Crippen LogP contribution is -2.41. The molecule has 180 valence electrons. The number of hydrogen-bond donors (Lipinski definition) is 1. The number of fused-ring (bicyclic) bond motifs is 1. The van der Waals surface area contributed by atoms with E-state index in [0.717, 1.165) is 11.3 Å². The smallest absolute Gasteiger partial charge is 0.399 e. The molecular weight excluding hydrogens is 478 g/mol. The summed E-state index contributed by atoms with van der Waals surface area (Å²) in [5.74, 6) is -0.330. The fraction of sp³-hybridized carbons (Fsp3) is 0.375. The van der Waals surface area contributed by atoms with Gasteiger partial charge in [0.05, 0.1) is 24.9 Å². The Kier molecular flexibility index (Phi) is 6.88. The number of benzene rings is 2. The van der Waals surface area contributed by atoms with Crippen LogP contribution >= 0.6 is 20.1 Å². The average Bonchev–Trinajstić information content (AvgIpc) is 3.26. The van der Waals surface area contributed by atoms with Gasteiger partial charge in [-0.15, -0.1) is 11.3 Å². The molecule has 2 aromatic carbocycles. The summed E-state index contributed by atoms with van der Waals surface area (Å²) in [7, 11) is -2.04. The quantitative estimate of drug-likeness (QED) is 0.310. The standard InChI is InChI=1S/C24H27BF2NO4PS/c1-6-30-33-24(26,27)20-19(25-31-22(2,3)23(4,5)32-25)17-14-15(12-13-18(17)34-20)21(29)28-16-10-8-7-9-11-16/h7-14,33H,6H2,1-5H3,(H,28,29). The minimum atomic E-state index is -3.22. The molecule has 1 atom stereocenters. The molecule has 1 saturated heterocycles. The van der Waals surface area contributed by atoms with Gasteiger partial charge in [0.2, 0.25) is 0 Å². The molecular formula is C24H27BF2NO4PS. The molecule has 1 N–H and O–H groups in total. The maximum atomic E-state index is 15.3. The third-order valence-corrected chi connectivity index (χ3v) is 8.52. The molecule has 0 aliphatic carbocycles. The van der Waals surface area contributed by atoms with Gasteiger partial charge < -0.3 is 19.1 Å². The number of carbonyl (C=O) groups is 1. The van der Waals surface area contributed by atoms with Gasteiger partial charge in [-0.3, -0.25) is 4.79 Å². The highest BCUT2D eigenvalue weighted by atomic mass is 32.1. The zero-order chi connectivity index (χ0) is 24.7. The van der Waals surface area contributed by atoms with Crippen LogP contribution in [0.1, 0.15) is 49.9 Å². The summed E-state index contributed by atoms with van der Waals surface area (Å²) < 4.78 is 48.7. The lowest BCUT2D eigenvalue weighted by Gasteiger charge is -2.32. The Morgan fingerprint density at radius 3 is 2.38 bits per heavy atom. The third-order valence-electron chi connectivity index (χ3n) is 6.14. The Hall–Kier alpha value is -1.90. The van der Waals surface area contributed by atoms with Crippen LogP contribution in [0.5, 0.6) is 0 Å². The minimum Gasteiger partial charge on any atom is -0.399 e. The first-order valence-electron chi connectivity index (χ1n) is 11.0. The van der Waals surface area contributed by atoms with E-state index >= 15 is 8.78 Å². The van der Waals surface area contributed by atoms with E-state index in [1.54, 1.807) is 37.3 Å². The highest BCUT2D eigenvalue weighted by Crippen LogP contribution is 2.49. The maximum absolute atomic E-state index is 15.3. The first kappa shape index (κ1) is 25.2. The number of anilines is 1. The Balaban J connectivity index is 1.80. The Labute approximate surface area is 204 Å².